The lowest BCUT2D eigenvalue weighted by Gasteiger charge is -2.20. The lowest BCUT2D eigenvalue weighted by Crippen LogP contribution is -2.33. The number of ether oxygens (including phenoxy) is 1. The maximum Gasteiger partial charge on any atom is 0.119 e. The van der Waals surface area contributed by atoms with Gasteiger partial charge in [0.15, 0.2) is 0 Å². The van der Waals surface area contributed by atoms with E-state index in [0.29, 0.717) is 6.61 Å². The standard InChI is InChI=1S/C17H23NO2/c19-16(12-18-9-3-4-10-18)13-20-17-8-7-14-5-1-2-6-15(14)11-17/h1-2,7-8,11,16,19H,3-6,9-10,12-13H2. The van der Waals surface area contributed by atoms with Crippen LogP contribution in [0.15, 0.2) is 30.4 Å². The van der Waals surface area contributed by atoms with Crippen LogP contribution in [0.25, 0.3) is 0 Å². The van der Waals surface area contributed by atoms with Gasteiger partial charge < -0.3 is 14.7 Å². The fourth-order valence-corrected chi connectivity index (χ4v) is 3.01. The average Bonchev–Trinajstić information content (AvgIpc) is 2.98. The zero-order chi connectivity index (χ0) is 13.8. The molecule has 1 aliphatic carbocycles. The van der Waals surface area contributed by atoms with Crippen LogP contribution in [-0.2, 0) is 12.8 Å². The average molecular weight is 273 g/mol. The Bertz CT molecular complexity index is 478. The van der Waals surface area contributed by atoms with Crippen LogP contribution in [-0.4, -0.2) is 42.4 Å². The highest BCUT2D eigenvalue weighted by molar-refractivity contribution is 5.39. The number of benzene rings is 1. The Kier molecular flexibility index (Phi) is 4.38. The van der Waals surface area contributed by atoms with Gasteiger partial charge in [-0.1, -0.05) is 18.2 Å². The molecule has 1 atom stereocenters. The summed E-state index contributed by atoms with van der Waals surface area (Å²) in [7, 11) is 0. The molecule has 0 aromatic heterocycles. The first-order valence-corrected chi connectivity index (χ1v) is 7.61. The molecule has 1 unspecified atom stereocenters. The first-order valence-electron chi connectivity index (χ1n) is 7.61. The Morgan fingerprint density at radius 1 is 1.10 bits per heavy atom. The molecule has 2 aliphatic rings. The van der Waals surface area contributed by atoms with Crippen LogP contribution < -0.4 is 4.74 Å². The molecule has 1 N–H and O–H groups in total. The molecule has 1 saturated heterocycles. The number of rotatable bonds is 5. The molecule has 1 fully saturated rings. The molecule has 0 saturated carbocycles. The molecule has 0 radical (unpaired) electrons. The second-order valence-electron chi connectivity index (χ2n) is 5.78. The molecule has 1 heterocycles. The highest BCUT2D eigenvalue weighted by Crippen LogP contribution is 2.22. The number of nitrogens with zero attached hydrogens (tertiary/aromatic N) is 1. The predicted molar refractivity (Wildman–Crippen MR) is 80.2 cm³/mol. The SMILES string of the molecule is OC(COc1ccc2c(c1)CC=CC2)CN1CCCC1. The summed E-state index contributed by atoms with van der Waals surface area (Å²) in [6, 6.07) is 6.27. The number of allylic oxidation sites excluding steroid dienone is 2. The van der Waals surface area contributed by atoms with Crippen molar-refractivity contribution in [2.24, 2.45) is 0 Å². The maximum absolute atomic E-state index is 10.0. The zero-order valence-electron chi connectivity index (χ0n) is 11.9. The lowest BCUT2D eigenvalue weighted by atomic mass is 9.97. The molecule has 3 nitrogen and oxygen atoms in total. The van der Waals surface area contributed by atoms with Crippen molar-refractivity contribution in [1.82, 2.24) is 4.90 Å². The van der Waals surface area contributed by atoms with Gasteiger partial charge in [-0.15, -0.1) is 0 Å². The van der Waals surface area contributed by atoms with Gasteiger partial charge in [0.05, 0.1) is 0 Å². The van der Waals surface area contributed by atoms with E-state index in [4.69, 9.17) is 4.74 Å². The molecule has 3 heteroatoms. The summed E-state index contributed by atoms with van der Waals surface area (Å²) in [4.78, 5) is 2.31. The molecule has 1 aromatic rings. The zero-order valence-corrected chi connectivity index (χ0v) is 11.9. The van der Waals surface area contributed by atoms with Gasteiger partial charge in [-0.25, -0.2) is 0 Å². The highest BCUT2D eigenvalue weighted by Gasteiger charge is 2.16. The Labute approximate surface area is 120 Å². The third-order valence-electron chi connectivity index (χ3n) is 4.13. The van der Waals surface area contributed by atoms with E-state index in [1.165, 1.54) is 24.0 Å². The van der Waals surface area contributed by atoms with E-state index >= 15 is 0 Å². The number of hydrogen-bond acceptors (Lipinski definition) is 3. The van der Waals surface area contributed by atoms with E-state index in [1.54, 1.807) is 0 Å². The van der Waals surface area contributed by atoms with Crippen molar-refractivity contribution in [1.29, 1.82) is 0 Å². The van der Waals surface area contributed by atoms with Gasteiger partial charge in [-0.2, -0.15) is 0 Å². The van der Waals surface area contributed by atoms with Crippen LogP contribution in [0.2, 0.25) is 0 Å². The van der Waals surface area contributed by atoms with Crippen LogP contribution in [0, 0.1) is 0 Å². The van der Waals surface area contributed by atoms with E-state index in [-0.39, 0.29) is 0 Å². The summed E-state index contributed by atoms with van der Waals surface area (Å²) in [5.74, 6) is 0.875. The van der Waals surface area contributed by atoms with Crippen LogP contribution in [0.4, 0.5) is 0 Å². The second-order valence-corrected chi connectivity index (χ2v) is 5.78. The minimum atomic E-state index is -0.399. The largest absolute Gasteiger partial charge is 0.491 e. The topological polar surface area (TPSA) is 32.7 Å². The third kappa shape index (κ3) is 3.41. The molecular formula is C17H23NO2. The van der Waals surface area contributed by atoms with Crippen molar-refractivity contribution < 1.29 is 9.84 Å². The Morgan fingerprint density at radius 3 is 2.65 bits per heavy atom. The summed E-state index contributed by atoms with van der Waals surface area (Å²) in [6.45, 7) is 3.34. The van der Waals surface area contributed by atoms with Gasteiger partial charge in [0, 0.05) is 6.54 Å². The van der Waals surface area contributed by atoms with Crippen molar-refractivity contribution in [3.8, 4) is 5.75 Å². The van der Waals surface area contributed by atoms with Gasteiger partial charge in [0.25, 0.3) is 0 Å². The van der Waals surface area contributed by atoms with Gasteiger partial charge in [0.2, 0.25) is 0 Å². The molecule has 0 spiro atoms. The summed E-state index contributed by atoms with van der Waals surface area (Å²) < 4.78 is 5.74. The molecule has 20 heavy (non-hydrogen) atoms. The smallest absolute Gasteiger partial charge is 0.119 e. The summed E-state index contributed by atoms with van der Waals surface area (Å²) >= 11 is 0. The van der Waals surface area contributed by atoms with Crippen LogP contribution in [0.3, 0.4) is 0 Å². The second kappa shape index (κ2) is 6.42. The first-order chi connectivity index (χ1) is 9.81. The van der Waals surface area contributed by atoms with Gasteiger partial charge in [-0.3, -0.25) is 0 Å². The normalized spacial score (nSPS) is 19.9. The third-order valence-corrected chi connectivity index (χ3v) is 4.13. The van der Waals surface area contributed by atoms with E-state index in [9.17, 15) is 5.11 Å². The molecule has 0 amide bonds. The Morgan fingerprint density at radius 2 is 1.85 bits per heavy atom. The van der Waals surface area contributed by atoms with Gasteiger partial charge in [0.1, 0.15) is 18.5 Å². The van der Waals surface area contributed by atoms with Crippen LogP contribution in [0.5, 0.6) is 5.75 Å². The van der Waals surface area contributed by atoms with E-state index < -0.39 is 6.10 Å². The summed E-state index contributed by atoms with van der Waals surface area (Å²) in [6.07, 6.45) is 8.54. The quantitative estimate of drug-likeness (QED) is 0.835. The maximum atomic E-state index is 10.0. The van der Waals surface area contributed by atoms with Crippen LogP contribution >= 0.6 is 0 Å². The van der Waals surface area contributed by atoms with Crippen molar-refractivity contribution in [2.75, 3.05) is 26.2 Å². The van der Waals surface area contributed by atoms with Crippen molar-refractivity contribution in [3.63, 3.8) is 0 Å². The highest BCUT2D eigenvalue weighted by atomic mass is 16.5. The van der Waals surface area contributed by atoms with Gasteiger partial charge in [-0.05, 0) is 62.0 Å². The molecule has 0 bridgehead atoms. The minimum Gasteiger partial charge on any atom is -0.491 e. The summed E-state index contributed by atoms with van der Waals surface area (Å²) in [5.41, 5.74) is 2.73. The minimum absolute atomic E-state index is 0.380. The van der Waals surface area contributed by atoms with E-state index in [1.807, 2.05) is 6.07 Å². The Balaban J connectivity index is 1.50. The predicted octanol–water partition coefficient (Wildman–Crippen LogP) is 2.18. The molecule has 1 aliphatic heterocycles. The number of fused-ring (bicyclic) bond motifs is 1. The number of hydrogen-bond donors (Lipinski definition) is 1. The number of β-amino-alcohol motifs (C(OH)–C–C–N with tert-alkyl or cyclic N) is 1. The van der Waals surface area contributed by atoms with Gasteiger partial charge >= 0.3 is 0 Å². The van der Waals surface area contributed by atoms with Crippen LogP contribution in [0.1, 0.15) is 24.0 Å². The van der Waals surface area contributed by atoms with E-state index in [2.05, 4.69) is 29.2 Å². The molecule has 3 rings (SSSR count). The first kappa shape index (κ1) is 13.7. The number of aliphatic hydroxyl groups excluding tert-OH is 1. The molecule has 1 aromatic carbocycles. The fourth-order valence-electron chi connectivity index (χ4n) is 3.01. The number of aliphatic hydroxyl groups is 1. The monoisotopic (exact) mass is 273 g/mol. The molecule has 108 valence electrons. The van der Waals surface area contributed by atoms with Crippen molar-refractivity contribution in [3.05, 3.63) is 41.5 Å². The summed E-state index contributed by atoms with van der Waals surface area (Å²) in [5, 5.41) is 10.0. The van der Waals surface area contributed by atoms with Crippen molar-refractivity contribution >= 4 is 0 Å². The Hall–Kier alpha value is -1.32. The van der Waals surface area contributed by atoms with E-state index in [0.717, 1.165) is 38.2 Å². The number of likely N-dealkylation sites (tertiary alicyclic amines) is 1. The fraction of sp³-hybridized carbons (Fsp3) is 0.529. The molecular weight excluding hydrogens is 250 g/mol. The van der Waals surface area contributed by atoms with Crippen molar-refractivity contribution in [2.45, 2.75) is 31.8 Å². The lowest BCUT2D eigenvalue weighted by molar-refractivity contribution is 0.0758.